The molecule has 0 spiro atoms. The minimum Gasteiger partial charge on any atom is -0.372 e. The van der Waals surface area contributed by atoms with E-state index < -0.39 is 0 Å². The molecule has 0 radical (unpaired) electrons. The fourth-order valence-corrected chi connectivity index (χ4v) is 2.18. The van der Waals surface area contributed by atoms with Crippen molar-refractivity contribution < 1.29 is 0 Å². The van der Waals surface area contributed by atoms with Crippen LogP contribution in [-0.4, -0.2) is 19.1 Å². The van der Waals surface area contributed by atoms with E-state index in [-0.39, 0.29) is 6.04 Å². The largest absolute Gasteiger partial charge is 0.372 e. The summed E-state index contributed by atoms with van der Waals surface area (Å²) < 4.78 is 0. The molecule has 0 aromatic heterocycles. The van der Waals surface area contributed by atoms with Crippen LogP contribution in [0.3, 0.4) is 0 Å². The van der Waals surface area contributed by atoms with Crippen molar-refractivity contribution in [3.8, 4) is 0 Å². The molecular formula is C13H21ClN2. The summed E-state index contributed by atoms with van der Waals surface area (Å²) in [5.74, 6) is 0. The first-order valence-electron chi connectivity index (χ1n) is 5.88. The predicted octanol–water partition coefficient (Wildman–Crippen LogP) is 3.08. The van der Waals surface area contributed by atoms with Gasteiger partial charge in [-0.3, -0.25) is 0 Å². The number of nitrogens with zero attached hydrogens (tertiary/aromatic N) is 1. The molecule has 1 aromatic carbocycles. The normalized spacial score (nSPS) is 12.6. The maximum atomic E-state index is 6.25. The summed E-state index contributed by atoms with van der Waals surface area (Å²) in [7, 11) is 0. The Morgan fingerprint density at radius 2 is 1.94 bits per heavy atom. The molecule has 0 aliphatic rings. The molecule has 90 valence electrons. The van der Waals surface area contributed by atoms with Gasteiger partial charge in [0.2, 0.25) is 0 Å². The van der Waals surface area contributed by atoms with Crippen LogP contribution in [0, 0.1) is 0 Å². The Balaban J connectivity index is 3.11. The molecular weight excluding hydrogens is 220 g/mol. The van der Waals surface area contributed by atoms with Gasteiger partial charge in [0.05, 0.1) is 0 Å². The summed E-state index contributed by atoms with van der Waals surface area (Å²) in [5, 5.41) is 0.821. The standard InChI is InChI=1S/C13H21ClN2/c1-4-16(5-2)13-8-6-7-12(14)11(13)9-10(3)15/h6-8,10H,4-5,9,15H2,1-3H3. The van der Waals surface area contributed by atoms with E-state index in [4.69, 9.17) is 17.3 Å². The molecule has 0 bridgehead atoms. The van der Waals surface area contributed by atoms with Gasteiger partial charge in [0, 0.05) is 29.8 Å². The third-order valence-corrected chi connectivity index (χ3v) is 3.08. The predicted molar refractivity (Wildman–Crippen MR) is 72.4 cm³/mol. The lowest BCUT2D eigenvalue weighted by Crippen LogP contribution is -2.25. The molecule has 1 aromatic rings. The van der Waals surface area contributed by atoms with Gasteiger partial charge in [0.25, 0.3) is 0 Å². The second-order valence-corrected chi connectivity index (χ2v) is 4.50. The fraction of sp³-hybridized carbons (Fsp3) is 0.538. The molecule has 1 atom stereocenters. The first-order chi connectivity index (χ1) is 7.60. The van der Waals surface area contributed by atoms with Crippen LogP contribution in [0.25, 0.3) is 0 Å². The molecule has 0 amide bonds. The molecule has 16 heavy (non-hydrogen) atoms. The van der Waals surface area contributed by atoms with Crippen LogP contribution in [0.4, 0.5) is 5.69 Å². The Morgan fingerprint density at radius 3 is 2.44 bits per heavy atom. The van der Waals surface area contributed by atoms with Gasteiger partial charge in [-0.2, -0.15) is 0 Å². The van der Waals surface area contributed by atoms with Gasteiger partial charge in [-0.15, -0.1) is 0 Å². The third kappa shape index (κ3) is 3.13. The van der Waals surface area contributed by atoms with Crippen molar-refractivity contribution in [2.45, 2.75) is 33.2 Å². The second-order valence-electron chi connectivity index (χ2n) is 4.09. The number of hydrogen-bond donors (Lipinski definition) is 1. The molecule has 0 saturated heterocycles. The van der Waals surface area contributed by atoms with Crippen molar-refractivity contribution >= 4 is 17.3 Å². The van der Waals surface area contributed by atoms with Crippen molar-refractivity contribution in [3.63, 3.8) is 0 Å². The Morgan fingerprint density at radius 1 is 1.31 bits per heavy atom. The summed E-state index contributed by atoms with van der Waals surface area (Å²) in [6.45, 7) is 8.29. The fourth-order valence-electron chi connectivity index (χ4n) is 1.93. The number of benzene rings is 1. The quantitative estimate of drug-likeness (QED) is 0.857. The van der Waals surface area contributed by atoms with E-state index in [1.807, 2.05) is 19.1 Å². The van der Waals surface area contributed by atoms with E-state index in [1.165, 1.54) is 11.3 Å². The number of anilines is 1. The van der Waals surface area contributed by atoms with Gasteiger partial charge in [-0.05, 0) is 44.9 Å². The molecule has 1 unspecified atom stereocenters. The first kappa shape index (κ1) is 13.3. The van der Waals surface area contributed by atoms with E-state index >= 15 is 0 Å². The Kier molecular flexibility index (Phi) is 5.10. The lowest BCUT2D eigenvalue weighted by molar-refractivity contribution is 0.732. The van der Waals surface area contributed by atoms with Gasteiger partial charge >= 0.3 is 0 Å². The van der Waals surface area contributed by atoms with Crippen molar-refractivity contribution in [1.29, 1.82) is 0 Å². The molecule has 0 heterocycles. The van der Waals surface area contributed by atoms with Crippen molar-refractivity contribution in [2.24, 2.45) is 5.73 Å². The highest BCUT2D eigenvalue weighted by atomic mass is 35.5. The van der Waals surface area contributed by atoms with E-state index in [9.17, 15) is 0 Å². The van der Waals surface area contributed by atoms with Crippen LogP contribution in [0.5, 0.6) is 0 Å². The Bertz CT molecular complexity index is 333. The minimum absolute atomic E-state index is 0.134. The molecule has 0 saturated carbocycles. The number of hydrogen-bond acceptors (Lipinski definition) is 2. The lowest BCUT2D eigenvalue weighted by atomic mass is 10.0. The monoisotopic (exact) mass is 240 g/mol. The van der Waals surface area contributed by atoms with Crippen LogP contribution in [0.15, 0.2) is 18.2 Å². The number of halogens is 1. The molecule has 0 aliphatic heterocycles. The highest BCUT2D eigenvalue weighted by Crippen LogP contribution is 2.28. The zero-order chi connectivity index (χ0) is 12.1. The first-order valence-corrected chi connectivity index (χ1v) is 6.25. The molecule has 0 fully saturated rings. The Labute approximate surface area is 103 Å². The van der Waals surface area contributed by atoms with Gasteiger partial charge in [-0.1, -0.05) is 17.7 Å². The summed E-state index contributed by atoms with van der Waals surface area (Å²) in [5.41, 5.74) is 8.25. The van der Waals surface area contributed by atoms with Crippen molar-refractivity contribution in [2.75, 3.05) is 18.0 Å². The maximum absolute atomic E-state index is 6.25. The SMILES string of the molecule is CCN(CC)c1cccc(Cl)c1CC(C)N. The zero-order valence-electron chi connectivity index (χ0n) is 10.3. The second kappa shape index (κ2) is 6.12. The summed E-state index contributed by atoms with van der Waals surface area (Å²) in [6.07, 6.45) is 0.825. The van der Waals surface area contributed by atoms with Crippen molar-refractivity contribution in [1.82, 2.24) is 0 Å². The van der Waals surface area contributed by atoms with Gasteiger partial charge in [0.15, 0.2) is 0 Å². The molecule has 0 aliphatic carbocycles. The average Bonchev–Trinajstić information content (AvgIpc) is 2.24. The highest BCUT2D eigenvalue weighted by Gasteiger charge is 2.12. The molecule has 1 rings (SSSR count). The smallest absolute Gasteiger partial charge is 0.0459 e. The summed E-state index contributed by atoms with van der Waals surface area (Å²) in [6, 6.07) is 6.19. The van der Waals surface area contributed by atoms with E-state index in [1.54, 1.807) is 0 Å². The third-order valence-electron chi connectivity index (χ3n) is 2.72. The van der Waals surface area contributed by atoms with Crippen LogP contribution < -0.4 is 10.6 Å². The van der Waals surface area contributed by atoms with E-state index in [0.717, 1.165) is 24.5 Å². The van der Waals surface area contributed by atoms with Gasteiger partial charge in [0.1, 0.15) is 0 Å². The number of rotatable bonds is 5. The van der Waals surface area contributed by atoms with Gasteiger partial charge < -0.3 is 10.6 Å². The number of nitrogens with two attached hydrogens (primary N) is 1. The molecule has 2 N–H and O–H groups in total. The minimum atomic E-state index is 0.134. The van der Waals surface area contributed by atoms with Crippen LogP contribution >= 0.6 is 11.6 Å². The molecule has 3 heteroatoms. The van der Waals surface area contributed by atoms with E-state index in [0.29, 0.717) is 0 Å². The van der Waals surface area contributed by atoms with Crippen molar-refractivity contribution in [3.05, 3.63) is 28.8 Å². The molecule has 2 nitrogen and oxygen atoms in total. The van der Waals surface area contributed by atoms with Gasteiger partial charge in [-0.25, -0.2) is 0 Å². The topological polar surface area (TPSA) is 29.3 Å². The van der Waals surface area contributed by atoms with Crippen LogP contribution in [0.2, 0.25) is 5.02 Å². The summed E-state index contributed by atoms with van der Waals surface area (Å²) >= 11 is 6.25. The van der Waals surface area contributed by atoms with Crippen LogP contribution in [0.1, 0.15) is 26.3 Å². The zero-order valence-corrected chi connectivity index (χ0v) is 11.1. The Hall–Kier alpha value is -0.730. The lowest BCUT2D eigenvalue weighted by Gasteiger charge is -2.25. The highest BCUT2D eigenvalue weighted by molar-refractivity contribution is 6.31. The summed E-state index contributed by atoms with van der Waals surface area (Å²) in [4.78, 5) is 2.31. The maximum Gasteiger partial charge on any atom is 0.0459 e. The van der Waals surface area contributed by atoms with Crippen LogP contribution in [-0.2, 0) is 6.42 Å². The average molecular weight is 241 g/mol. The van der Waals surface area contributed by atoms with E-state index in [2.05, 4.69) is 24.8 Å².